The zero-order valence-corrected chi connectivity index (χ0v) is 18.5. The van der Waals surface area contributed by atoms with Crippen LogP contribution >= 0.6 is 23.2 Å². The fraction of sp³-hybridized carbons (Fsp3) is 0.231. The highest BCUT2D eigenvalue weighted by Crippen LogP contribution is 2.69. The molecule has 3 nitrogen and oxygen atoms in total. The summed E-state index contributed by atoms with van der Waals surface area (Å²) in [6.07, 6.45) is 0. The second-order valence-electron chi connectivity index (χ2n) is 8.70. The number of halogens is 2. The van der Waals surface area contributed by atoms with Crippen molar-refractivity contribution in [2.75, 3.05) is 4.90 Å². The minimum atomic E-state index is -1.15. The van der Waals surface area contributed by atoms with Gasteiger partial charge in [-0.05, 0) is 53.3 Å². The van der Waals surface area contributed by atoms with Crippen molar-refractivity contribution in [1.82, 2.24) is 0 Å². The van der Waals surface area contributed by atoms with E-state index in [1.54, 1.807) is 0 Å². The van der Waals surface area contributed by atoms with Gasteiger partial charge < -0.3 is 0 Å². The highest BCUT2D eigenvalue weighted by atomic mass is 35.5. The number of nitrogens with zero attached hydrogens (tertiary/aromatic N) is 1. The molecule has 154 valence electrons. The Kier molecular flexibility index (Phi) is 3.69. The number of amides is 2. The lowest BCUT2D eigenvalue weighted by molar-refractivity contribution is -0.122. The molecule has 1 fully saturated rings. The molecule has 2 atom stereocenters. The average Bonchev–Trinajstić information content (AvgIpc) is 3.05. The van der Waals surface area contributed by atoms with E-state index in [4.69, 9.17) is 23.2 Å². The van der Waals surface area contributed by atoms with E-state index >= 15 is 0 Å². The molecule has 0 unspecified atom stereocenters. The summed E-state index contributed by atoms with van der Waals surface area (Å²) in [4.78, 5) is 26.9. The summed E-state index contributed by atoms with van der Waals surface area (Å²) < 4.78 is 0. The quantitative estimate of drug-likeness (QED) is 0.369. The van der Waals surface area contributed by atoms with Crippen LogP contribution in [0.15, 0.2) is 66.7 Å². The van der Waals surface area contributed by atoms with Crippen LogP contribution in [0.1, 0.15) is 33.4 Å². The van der Waals surface area contributed by atoms with Crippen LogP contribution in [-0.2, 0) is 19.3 Å². The first-order chi connectivity index (χ1) is 14.8. The number of carbonyl (C=O) groups excluding carboxylic acids is 2. The van der Waals surface area contributed by atoms with Crippen molar-refractivity contribution >= 4 is 40.7 Å². The molecule has 1 aliphatic heterocycles. The van der Waals surface area contributed by atoms with Gasteiger partial charge in [-0.25, -0.2) is 4.90 Å². The molecule has 0 aromatic heterocycles. The van der Waals surface area contributed by atoms with E-state index in [9.17, 15) is 9.59 Å². The van der Waals surface area contributed by atoms with Crippen LogP contribution in [0.3, 0.4) is 0 Å². The zero-order valence-electron chi connectivity index (χ0n) is 17.0. The maximum absolute atomic E-state index is 13.9. The predicted molar refractivity (Wildman–Crippen MR) is 122 cm³/mol. The number of aryl methyl sites for hydroxylation is 1. The highest BCUT2D eigenvalue weighted by Gasteiger charge is 2.73. The topological polar surface area (TPSA) is 37.4 Å². The largest absolute Gasteiger partial charge is 0.274 e. The van der Waals surface area contributed by atoms with E-state index in [1.807, 2.05) is 80.6 Å². The normalized spacial score (nSPS) is 30.3. The first-order valence-corrected chi connectivity index (χ1v) is 11.1. The van der Waals surface area contributed by atoms with Gasteiger partial charge in [0.1, 0.15) is 9.75 Å². The lowest BCUT2D eigenvalue weighted by Crippen LogP contribution is -2.57. The number of imide groups is 1. The summed E-state index contributed by atoms with van der Waals surface area (Å²) in [7, 11) is 0. The molecule has 0 spiro atoms. The van der Waals surface area contributed by atoms with Crippen molar-refractivity contribution in [3.05, 3.63) is 100 Å². The van der Waals surface area contributed by atoms with Gasteiger partial charge in [0.25, 0.3) is 0 Å². The number of alkyl halides is 2. The van der Waals surface area contributed by atoms with Crippen molar-refractivity contribution in [3.63, 3.8) is 0 Å². The van der Waals surface area contributed by atoms with E-state index in [0.717, 1.165) is 33.4 Å². The number of carbonyl (C=O) groups is 2. The third-order valence-electron chi connectivity index (χ3n) is 7.40. The Balaban J connectivity index is 1.67. The molecule has 7 rings (SSSR count). The van der Waals surface area contributed by atoms with E-state index < -0.39 is 21.6 Å². The number of hydrogen-bond donors (Lipinski definition) is 0. The molecule has 0 radical (unpaired) electrons. The number of rotatable bonds is 1. The van der Waals surface area contributed by atoms with Crippen LogP contribution in [0, 0.1) is 25.7 Å². The fourth-order valence-corrected chi connectivity index (χ4v) is 6.98. The smallest absolute Gasteiger partial charge is 0.240 e. The SMILES string of the molecule is Cc1cccc(N2C(=O)[C@@H]3[C@H](C2=O)C2(Cl)c4ccccc4C3(Cl)c3ccccc32)c1C. The van der Waals surface area contributed by atoms with Gasteiger partial charge in [0, 0.05) is 0 Å². The second-order valence-corrected chi connectivity index (χ2v) is 9.89. The summed E-state index contributed by atoms with van der Waals surface area (Å²) in [5, 5.41) is 0. The maximum Gasteiger partial charge on any atom is 0.240 e. The average molecular weight is 448 g/mol. The molecule has 4 aliphatic rings. The number of benzene rings is 3. The van der Waals surface area contributed by atoms with Crippen molar-refractivity contribution in [3.8, 4) is 0 Å². The molecule has 0 saturated carbocycles. The summed E-state index contributed by atoms with van der Waals surface area (Å²) in [6.45, 7) is 3.90. The Morgan fingerprint density at radius 2 is 1.10 bits per heavy atom. The third-order valence-corrected chi connectivity index (χ3v) is 8.69. The van der Waals surface area contributed by atoms with E-state index in [2.05, 4.69) is 0 Å². The van der Waals surface area contributed by atoms with E-state index in [0.29, 0.717) is 5.69 Å². The van der Waals surface area contributed by atoms with Crippen molar-refractivity contribution in [2.24, 2.45) is 11.8 Å². The zero-order chi connectivity index (χ0) is 21.7. The Labute approximate surface area is 190 Å². The second kappa shape index (κ2) is 5.99. The molecule has 3 aromatic rings. The molecule has 3 aliphatic carbocycles. The molecule has 1 saturated heterocycles. The van der Waals surface area contributed by atoms with Crippen molar-refractivity contribution in [1.29, 1.82) is 0 Å². The molecule has 31 heavy (non-hydrogen) atoms. The highest BCUT2D eigenvalue weighted by molar-refractivity contribution is 6.38. The van der Waals surface area contributed by atoms with Gasteiger partial charge in [0.05, 0.1) is 17.5 Å². The van der Waals surface area contributed by atoms with Gasteiger partial charge in [-0.15, -0.1) is 23.2 Å². The van der Waals surface area contributed by atoms with E-state index in [-0.39, 0.29) is 11.8 Å². The maximum atomic E-state index is 13.9. The molecular weight excluding hydrogens is 429 g/mol. The van der Waals surface area contributed by atoms with Gasteiger partial charge >= 0.3 is 0 Å². The fourth-order valence-electron chi connectivity index (χ4n) is 5.88. The molecular formula is C26H19Cl2NO2. The first-order valence-electron chi connectivity index (χ1n) is 10.3. The Morgan fingerprint density at radius 3 is 1.52 bits per heavy atom. The number of anilines is 1. The van der Waals surface area contributed by atoms with Gasteiger partial charge in [-0.1, -0.05) is 60.7 Å². The van der Waals surface area contributed by atoms with Crippen molar-refractivity contribution in [2.45, 2.75) is 23.6 Å². The van der Waals surface area contributed by atoms with Crippen LogP contribution in [0.4, 0.5) is 5.69 Å². The van der Waals surface area contributed by atoms with Gasteiger partial charge in [0.2, 0.25) is 11.8 Å². The van der Waals surface area contributed by atoms with Crippen LogP contribution < -0.4 is 4.90 Å². The minimum Gasteiger partial charge on any atom is -0.274 e. The summed E-state index contributed by atoms with van der Waals surface area (Å²) in [6, 6.07) is 21.0. The van der Waals surface area contributed by atoms with Gasteiger partial charge in [0.15, 0.2) is 0 Å². The Bertz CT molecular complexity index is 1190. The molecule has 2 bridgehead atoms. The molecule has 5 heteroatoms. The lowest BCUT2D eigenvalue weighted by Gasteiger charge is -2.54. The first kappa shape index (κ1) is 19.1. The van der Waals surface area contributed by atoms with E-state index in [1.165, 1.54) is 4.90 Å². The monoisotopic (exact) mass is 447 g/mol. The molecule has 0 N–H and O–H groups in total. The Hall–Kier alpha value is -2.62. The summed E-state index contributed by atoms with van der Waals surface area (Å²) in [5.41, 5.74) is 5.79. The van der Waals surface area contributed by atoms with Crippen LogP contribution in [-0.4, -0.2) is 11.8 Å². The molecule has 3 aromatic carbocycles. The van der Waals surface area contributed by atoms with Crippen LogP contribution in [0.25, 0.3) is 0 Å². The molecule has 2 amide bonds. The standard InChI is InChI=1S/C26H19Cl2NO2/c1-14-8-7-13-20(15(14)2)29-23(30)21-22(24(29)31)26(28)17-10-4-3-9-16(17)25(21,27)18-11-5-6-12-19(18)26/h3-13,21-22H,1-2H3/t21-,22+,25?,26?. The summed E-state index contributed by atoms with van der Waals surface area (Å²) >= 11 is 14.9. The summed E-state index contributed by atoms with van der Waals surface area (Å²) in [5.74, 6) is -2.12. The van der Waals surface area contributed by atoms with Gasteiger partial charge in [-0.2, -0.15) is 0 Å². The lowest BCUT2D eigenvalue weighted by atomic mass is 9.54. The van der Waals surface area contributed by atoms with Crippen LogP contribution in [0.5, 0.6) is 0 Å². The third kappa shape index (κ3) is 2.02. The van der Waals surface area contributed by atoms with Gasteiger partial charge in [-0.3, -0.25) is 9.59 Å². The number of hydrogen-bond acceptors (Lipinski definition) is 2. The minimum absolute atomic E-state index is 0.285. The van der Waals surface area contributed by atoms with Crippen LogP contribution in [0.2, 0.25) is 0 Å². The van der Waals surface area contributed by atoms with Crippen molar-refractivity contribution < 1.29 is 9.59 Å². The Morgan fingerprint density at radius 1 is 0.677 bits per heavy atom. The molecule has 1 heterocycles. The predicted octanol–water partition coefficient (Wildman–Crippen LogP) is 5.40.